The van der Waals surface area contributed by atoms with Gasteiger partial charge in [-0.1, -0.05) is 12.1 Å². The third-order valence-corrected chi connectivity index (χ3v) is 9.59. The minimum atomic E-state index is -4.53. The van der Waals surface area contributed by atoms with Gasteiger partial charge in [0.15, 0.2) is 0 Å². The maximum atomic E-state index is 12.9. The maximum Gasteiger partial charge on any atom is 0.453 e. The Bertz CT molecular complexity index is 1300. The average molecular weight is 523 g/mol. The van der Waals surface area contributed by atoms with Crippen LogP contribution in [0.3, 0.4) is 0 Å². The van der Waals surface area contributed by atoms with Crippen molar-refractivity contribution in [3.63, 3.8) is 0 Å². The average Bonchev–Trinajstić information content (AvgIpc) is 3.16. The van der Waals surface area contributed by atoms with Gasteiger partial charge in [-0.25, -0.2) is 23.4 Å². The standard InChI is InChI=1S/C24H29F3N6O2S/c1-36(28,35)19-4-2-3-16(6-19)5-17-7-22(8-17)11-31(12-22)21(34)32-13-23(14-32)9-18(10-23)33-15-29-20(30-33)24(25,26)27/h2-4,6,15,17-18,28H,5,7-14H2,1H3. The molecule has 1 aromatic heterocycles. The van der Waals surface area contributed by atoms with Gasteiger partial charge in [0.25, 0.3) is 5.82 Å². The zero-order chi connectivity index (χ0) is 25.5. The molecule has 0 radical (unpaired) electrons. The first-order valence-corrected chi connectivity index (χ1v) is 14.1. The van der Waals surface area contributed by atoms with Gasteiger partial charge in [0.1, 0.15) is 6.33 Å². The Labute approximate surface area is 207 Å². The van der Waals surface area contributed by atoms with E-state index in [1.165, 1.54) is 10.9 Å². The fraction of sp³-hybridized carbons (Fsp3) is 0.625. The molecule has 2 saturated heterocycles. The molecule has 4 fully saturated rings. The van der Waals surface area contributed by atoms with Gasteiger partial charge in [0.2, 0.25) is 0 Å². The summed E-state index contributed by atoms with van der Waals surface area (Å²) in [5.41, 5.74) is 1.34. The van der Waals surface area contributed by atoms with E-state index in [-0.39, 0.29) is 22.9 Å². The first-order valence-electron chi connectivity index (χ1n) is 12.2. The van der Waals surface area contributed by atoms with Crippen LogP contribution in [0.2, 0.25) is 0 Å². The molecule has 3 heterocycles. The van der Waals surface area contributed by atoms with E-state index in [9.17, 15) is 22.2 Å². The predicted octanol–water partition coefficient (Wildman–Crippen LogP) is 4.04. The second-order valence-corrected chi connectivity index (χ2v) is 13.7. The van der Waals surface area contributed by atoms with Crippen LogP contribution < -0.4 is 0 Å². The number of nitrogens with zero attached hydrogens (tertiary/aromatic N) is 5. The minimum absolute atomic E-state index is 0.00422. The fourth-order valence-electron chi connectivity index (χ4n) is 6.78. The predicted molar refractivity (Wildman–Crippen MR) is 125 cm³/mol. The van der Waals surface area contributed by atoms with Crippen molar-refractivity contribution in [1.82, 2.24) is 24.6 Å². The molecule has 8 nitrogen and oxygen atoms in total. The van der Waals surface area contributed by atoms with Crippen molar-refractivity contribution < 1.29 is 22.2 Å². The van der Waals surface area contributed by atoms with Gasteiger partial charge in [-0.2, -0.15) is 13.2 Å². The highest BCUT2D eigenvalue weighted by Crippen LogP contribution is 2.56. The van der Waals surface area contributed by atoms with Crippen LogP contribution in [-0.4, -0.2) is 67.2 Å². The summed E-state index contributed by atoms with van der Waals surface area (Å²) in [7, 11) is -2.71. The summed E-state index contributed by atoms with van der Waals surface area (Å²) < 4.78 is 59.3. The van der Waals surface area contributed by atoms with Gasteiger partial charge in [-0.05, 0) is 55.7 Å². The van der Waals surface area contributed by atoms with Crippen LogP contribution in [0.1, 0.15) is 43.1 Å². The van der Waals surface area contributed by atoms with E-state index in [0.29, 0.717) is 23.9 Å². The van der Waals surface area contributed by atoms with Crippen molar-refractivity contribution in [2.24, 2.45) is 16.7 Å². The van der Waals surface area contributed by atoms with Gasteiger partial charge < -0.3 is 9.80 Å². The number of hydrogen-bond donors (Lipinski definition) is 1. The lowest BCUT2D eigenvalue weighted by atomic mass is 9.56. The van der Waals surface area contributed by atoms with Crippen molar-refractivity contribution in [3.05, 3.63) is 42.0 Å². The summed E-state index contributed by atoms with van der Waals surface area (Å²) in [6.07, 6.45) is 2.56. The highest BCUT2D eigenvalue weighted by Gasteiger charge is 2.58. The molecule has 1 aromatic carbocycles. The maximum absolute atomic E-state index is 12.9. The van der Waals surface area contributed by atoms with Crippen molar-refractivity contribution in [2.75, 3.05) is 32.4 Å². The first kappa shape index (κ1) is 23.7. The van der Waals surface area contributed by atoms with E-state index in [1.54, 1.807) is 6.07 Å². The molecule has 194 valence electrons. The quantitative estimate of drug-likeness (QED) is 0.656. The molecule has 2 amide bonds. The molecule has 2 spiro atoms. The summed E-state index contributed by atoms with van der Waals surface area (Å²) in [6, 6.07) is 7.52. The number of carbonyl (C=O) groups is 1. The number of amides is 2. The van der Waals surface area contributed by atoms with E-state index in [4.69, 9.17) is 4.78 Å². The van der Waals surface area contributed by atoms with Crippen LogP contribution in [0, 0.1) is 21.5 Å². The van der Waals surface area contributed by atoms with Gasteiger partial charge in [0, 0.05) is 48.2 Å². The number of likely N-dealkylation sites (tertiary alicyclic amines) is 2. The van der Waals surface area contributed by atoms with Crippen LogP contribution in [0.15, 0.2) is 35.5 Å². The number of nitrogens with one attached hydrogen (secondary N) is 1. The van der Waals surface area contributed by atoms with Gasteiger partial charge in [-0.15, -0.1) is 5.10 Å². The first-order chi connectivity index (χ1) is 16.8. The van der Waals surface area contributed by atoms with Crippen molar-refractivity contribution in [3.8, 4) is 0 Å². The Kier molecular flexibility index (Phi) is 5.07. The molecule has 2 aliphatic heterocycles. The molecule has 0 bridgehead atoms. The molecule has 12 heteroatoms. The van der Waals surface area contributed by atoms with Crippen LogP contribution in [0.5, 0.6) is 0 Å². The Hall–Kier alpha value is -2.63. The molecule has 2 saturated carbocycles. The van der Waals surface area contributed by atoms with Gasteiger partial charge in [-0.3, -0.25) is 0 Å². The molecular formula is C24H29F3N6O2S. The molecule has 1 N–H and O–H groups in total. The van der Waals surface area contributed by atoms with Crippen LogP contribution in [0.25, 0.3) is 0 Å². The minimum Gasteiger partial charge on any atom is -0.323 e. The van der Waals surface area contributed by atoms with Gasteiger partial charge in [0.05, 0.1) is 15.8 Å². The molecule has 6 rings (SSSR count). The smallest absolute Gasteiger partial charge is 0.323 e. The molecule has 36 heavy (non-hydrogen) atoms. The largest absolute Gasteiger partial charge is 0.453 e. The van der Waals surface area contributed by atoms with Crippen molar-refractivity contribution in [1.29, 1.82) is 4.78 Å². The van der Waals surface area contributed by atoms with Crippen LogP contribution in [-0.2, 0) is 22.3 Å². The van der Waals surface area contributed by atoms with Crippen LogP contribution in [0.4, 0.5) is 18.0 Å². The summed E-state index contributed by atoms with van der Waals surface area (Å²) in [4.78, 5) is 20.6. The van der Waals surface area contributed by atoms with E-state index in [0.717, 1.165) is 57.1 Å². The molecule has 4 aliphatic rings. The zero-order valence-electron chi connectivity index (χ0n) is 20.0. The third kappa shape index (κ3) is 4.06. The number of aromatic nitrogens is 3. The summed E-state index contributed by atoms with van der Waals surface area (Å²) in [6.45, 7) is 2.87. The number of halogens is 3. The van der Waals surface area contributed by atoms with E-state index < -0.39 is 21.7 Å². The zero-order valence-corrected chi connectivity index (χ0v) is 20.8. The lowest BCUT2D eigenvalue weighted by Crippen LogP contribution is -2.71. The Balaban J connectivity index is 0.938. The number of hydrogen-bond acceptors (Lipinski definition) is 5. The topological polar surface area (TPSA) is 95.2 Å². The highest BCUT2D eigenvalue weighted by molar-refractivity contribution is 7.91. The van der Waals surface area contributed by atoms with Crippen molar-refractivity contribution in [2.45, 2.75) is 49.2 Å². The van der Waals surface area contributed by atoms with Crippen LogP contribution >= 0.6 is 0 Å². The van der Waals surface area contributed by atoms with E-state index in [1.807, 2.05) is 28.0 Å². The number of benzene rings is 1. The molecule has 1 atom stereocenters. The van der Waals surface area contributed by atoms with Gasteiger partial charge >= 0.3 is 12.2 Å². The summed E-state index contributed by atoms with van der Waals surface area (Å²) in [5.74, 6) is -0.559. The van der Waals surface area contributed by atoms with E-state index in [2.05, 4.69) is 10.1 Å². The van der Waals surface area contributed by atoms with Crippen molar-refractivity contribution >= 4 is 15.8 Å². The number of carbonyl (C=O) groups excluding carboxylic acids is 1. The van der Waals surface area contributed by atoms with E-state index >= 15 is 0 Å². The third-order valence-electron chi connectivity index (χ3n) is 8.44. The lowest BCUT2D eigenvalue weighted by molar-refractivity contribution is -0.145. The number of urea groups is 1. The Morgan fingerprint density at radius 2 is 1.72 bits per heavy atom. The second-order valence-electron chi connectivity index (χ2n) is 11.6. The molecule has 2 aromatic rings. The monoisotopic (exact) mass is 522 g/mol. The fourth-order valence-corrected chi connectivity index (χ4v) is 7.49. The number of rotatable bonds is 4. The highest BCUT2D eigenvalue weighted by atomic mass is 32.2. The molecular weight excluding hydrogens is 493 g/mol. The number of alkyl halides is 3. The normalized spacial score (nSPS) is 24.6. The molecule has 1 unspecified atom stereocenters. The second kappa shape index (κ2) is 7.69. The SMILES string of the molecule is CS(=N)(=O)c1cccc(CC2CC3(C2)CN(C(=O)N2CC4(CC(n5cnc(C(F)(F)F)n5)C4)C2)C3)c1. The Morgan fingerprint density at radius 3 is 2.28 bits per heavy atom. The Morgan fingerprint density at radius 1 is 1.11 bits per heavy atom. The lowest BCUT2D eigenvalue weighted by Gasteiger charge is -2.63. The molecule has 2 aliphatic carbocycles. The summed E-state index contributed by atoms with van der Waals surface area (Å²) >= 11 is 0. The summed E-state index contributed by atoms with van der Waals surface area (Å²) in [5, 5.41) is 3.58.